The number of methoxy groups -OCH3 is 1. The van der Waals surface area contributed by atoms with E-state index in [0.717, 1.165) is 18.8 Å². The largest absolute Gasteiger partial charge is 0.506 e. The van der Waals surface area contributed by atoms with Crippen LogP contribution in [0.2, 0.25) is 0 Å². The van der Waals surface area contributed by atoms with Crippen molar-refractivity contribution in [3.8, 4) is 0 Å². The summed E-state index contributed by atoms with van der Waals surface area (Å²) in [6.45, 7) is 11.1. The Morgan fingerprint density at radius 3 is 2.41 bits per heavy atom. The van der Waals surface area contributed by atoms with Gasteiger partial charge in [0.1, 0.15) is 0 Å². The van der Waals surface area contributed by atoms with Crippen LogP contribution >= 0.6 is 31.3 Å². The molecule has 1 fully saturated rings. The monoisotopic (exact) mass is 617 g/mol. The number of benzene rings is 2. The summed E-state index contributed by atoms with van der Waals surface area (Å²) in [6.07, 6.45) is 2.12. The number of likely N-dealkylation sites (N-methyl/N-ethyl adjacent to an activating group) is 1. The van der Waals surface area contributed by atoms with Gasteiger partial charge in [0.2, 0.25) is 0 Å². The molecule has 1 aliphatic heterocycles. The normalized spacial score (nSPS) is 13.8. The number of rotatable bonds is 6. The molecule has 0 spiro atoms. The van der Waals surface area contributed by atoms with Gasteiger partial charge in [-0.3, -0.25) is 0 Å². The van der Waals surface area contributed by atoms with Crippen LogP contribution in [-0.4, -0.2) is 59.7 Å². The van der Waals surface area contributed by atoms with Gasteiger partial charge in [0.15, 0.2) is 0 Å². The van der Waals surface area contributed by atoms with Crippen molar-refractivity contribution in [2.75, 3.05) is 49.8 Å². The van der Waals surface area contributed by atoms with Gasteiger partial charge in [0, 0.05) is 12.2 Å². The Morgan fingerprint density at radius 2 is 1.88 bits per heavy atom. The van der Waals surface area contributed by atoms with Gasteiger partial charge in [-0.15, -0.1) is 11.9 Å². The zero-order valence-corrected chi connectivity index (χ0v) is 24.3. The van der Waals surface area contributed by atoms with Crippen molar-refractivity contribution in [2.45, 2.75) is 20.8 Å². The van der Waals surface area contributed by atoms with Gasteiger partial charge in [-0.05, 0) is 44.7 Å². The minimum Gasteiger partial charge on any atom is -0.506 e. The molecule has 2 aromatic rings. The molecule has 0 atom stereocenters. The van der Waals surface area contributed by atoms with Gasteiger partial charge in [0.05, 0.1) is 0 Å². The fraction of sp³-hybridized carbons (Fsp3) is 0.375. The number of anilines is 2. The van der Waals surface area contributed by atoms with E-state index in [1.54, 1.807) is 34.6 Å². The quantitative estimate of drug-likeness (QED) is 0.139. The van der Waals surface area contributed by atoms with E-state index in [1.807, 2.05) is 0 Å². The number of ether oxygens (including phenoxy) is 1. The summed E-state index contributed by atoms with van der Waals surface area (Å²) >= 11 is -0.263. The van der Waals surface area contributed by atoms with Crippen LogP contribution in [-0.2, 0) is 18.3 Å². The SMILES string of the molecule is COC(=[OH+])CN(C)c1ccc(F)cc1[CH]=[Ru]([Cl])[Cl].CSN1[CH-]N(c2c(C)cc(C)cc2C)CC1. The molecule has 1 aliphatic rings. The number of aryl methyl sites for hydroxylation is 3. The number of nitrogens with zero attached hydrogens (tertiary/aromatic N) is 3. The van der Waals surface area contributed by atoms with Crippen molar-refractivity contribution < 1.29 is 27.4 Å². The molecule has 1 saturated heterocycles. The predicted molar refractivity (Wildman–Crippen MR) is 143 cm³/mol. The molecule has 1 N–H and O–H groups in total. The number of carbonyl (C=O) groups excluding carboxylic acids is 1. The summed E-state index contributed by atoms with van der Waals surface area (Å²) in [5.41, 5.74) is 6.81. The van der Waals surface area contributed by atoms with E-state index in [9.17, 15) is 9.18 Å². The fourth-order valence-corrected chi connectivity index (χ4v) is 6.07. The topological polar surface area (TPSA) is 40.4 Å². The van der Waals surface area contributed by atoms with E-state index in [-0.39, 0.29) is 18.3 Å². The van der Waals surface area contributed by atoms with E-state index in [1.165, 1.54) is 41.6 Å². The summed E-state index contributed by atoms with van der Waals surface area (Å²) in [5.74, 6) is -0.485. The molecule has 190 valence electrons. The maximum atomic E-state index is 13.2. The summed E-state index contributed by atoms with van der Waals surface area (Å²) < 4.78 is 21.8. The smallest absolute Gasteiger partial charge is 0.0142 e. The zero-order valence-electron chi connectivity index (χ0n) is 20.3. The van der Waals surface area contributed by atoms with Crippen molar-refractivity contribution in [2.24, 2.45) is 0 Å². The van der Waals surface area contributed by atoms with Crippen LogP contribution in [0.25, 0.3) is 0 Å². The van der Waals surface area contributed by atoms with Crippen molar-refractivity contribution in [1.29, 1.82) is 0 Å². The third-order valence-electron chi connectivity index (χ3n) is 5.18. The first kappa shape index (κ1) is 29.1. The molecule has 0 radical (unpaired) electrons. The van der Waals surface area contributed by atoms with Crippen molar-refractivity contribution in [1.82, 2.24) is 4.31 Å². The van der Waals surface area contributed by atoms with E-state index in [4.69, 9.17) is 24.1 Å². The van der Waals surface area contributed by atoms with Gasteiger partial charge in [-0.2, -0.15) is 6.67 Å². The predicted octanol–water partition coefficient (Wildman–Crippen LogP) is 5.62. The van der Waals surface area contributed by atoms with Gasteiger partial charge in [-0.25, -0.2) is 0 Å². The van der Waals surface area contributed by atoms with Gasteiger partial charge in [-0.1, -0.05) is 17.7 Å². The Balaban J connectivity index is 0.000000241. The average Bonchev–Trinajstić information content (AvgIpc) is 3.21. The second kappa shape index (κ2) is 13.8. The Hall–Kier alpha value is -1.18. The van der Waals surface area contributed by atoms with Crippen LogP contribution in [0.5, 0.6) is 0 Å². The molecule has 34 heavy (non-hydrogen) atoms. The summed E-state index contributed by atoms with van der Waals surface area (Å²) in [4.78, 5) is 13.4. The number of halogens is 3. The summed E-state index contributed by atoms with van der Waals surface area (Å²) in [7, 11) is 14.7. The Morgan fingerprint density at radius 1 is 1.24 bits per heavy atom. The van der Waals surface area contributed by atoms with Crippen LogP contribution in [0, 0.1) is 33.3 Å². The molecule has 10 heteroatoms. The first-order chi connectivity index (χ1) is 16.0. The minimum atomic E-state index is -2.04. The Kier molecular flexibility index (Phi) is 11.8. The second-order valence-electron chi connectivity index (χ2n) is 7.84. The molecule has 5 nitrogen and oxygen atoms in total. The maximum Gasteiger partial charge on any atom is 0.0142 e. The van der Waals surface area contributed by atoms with Crippen LogP contribution in [0.3, 0.4) is 0 Å². The van der Waals surface area contributed by atoms with Crippen LogP contribution < -0.4 is 9.80 Å². The Labute approximate surface area is 219 Å². The standard InChI is InChI=1S/C13H19N2S.C11H12FNO2.2ClH.Ru/c1-10-7-11(2)13(12(3)8-10)14-5-6-15(9-14)16-4;1-8-6-9(12)4-5-10(8)13(2)7-11(14)15-3;;;/h7-9H,5-6H2,1-4H3;1,4-6H,7H2,2-3H3;2*1H;/q-1;;;;+2/p-1. The second-order valence-corrected chi connectivity index (χ2v) is 14.4. The number of hydrogen-bond acceptors (Lipinski definition) is 5. The molecule has 0 bridgehead atoms. The van der Waals surface area contributed by atoms with Gasteiger partial charge in [0.25, 0.3) is 0 Å². The maximum absolute atomic E-state index is 13.2. The van der Waals surface area contributed by atoms with Crippen molar-refractivity contribution >= 4 is 53.3 Å². The van der Waals surface area contributed by atoms with Crippen LogP contribution in [0.1, 0.15) is 22.3 Å². The first-order valence-electron chi connectivity index (χ1n) is 10.5. The first-order valence-corrected chi connectivity index (χ1v) is 17.1. The summed E-state index contributed by atoms with van der Waals surface area (Å²) in [5, 5.41) is 0. The molecule has 0 aliphatic carbocycles. The van der Waals surface area contributed by atoms with Gasteiger partial charge >= 0.3 is 118 Å². The average molecular weight is 618 g/mol. The van der Waals surface area contributed by atoms with Crippen LogP contribution in [0.15, 0.2) is 30.3 Å². The number of esters is 1. The third-order valence-corrected chi connectivity index (χ3v) is 7.76. The molecular weight excluding hydrogens is 585 g/mol. The zero-order chi connectivity index (χ0) is 25.4. The molecule has 0 unspecified atom stereocenters. The van der Waals surface area contributed by atoms with Crippen molar-refractivity contribution in [3.05, 3.63) is 65.1 Å². The molecule has 0 aromatic heterocycles. The molecule has 3 rings (SSSR count). The van der Waals surface area contributed by atoms with E-state index in [0.29, 0.717) is 5.56 Å². The minimum absolute atomic E-state index is 0.126. The van der Waals surface area contributed by atoms with E-state index >= 15 is 0 Å². The molecule has 0 saturated carbocycles. The van der Waals surface area contributed by atoms with Gasteiger partial charge < -0.3 is 9.21 Å². The number of hydrogen-bond donors (Lipinski definition) is 0. The Bertz CT molecular complexity index is 1010. The summed E-state index contributed by atoms with van der Waals surface area (Å²) in [6, 6.07) is 8.83. The fourth-order valence-electron chi connectivity index (χ4n) is 3.80. The molecule has 0 amide bonds. The molecular formula is C24H32Cl2FN3O2RuS. The molecule has 2 aromatic carbocycles. The van der Waals surface area contributed by atoms with E-state index < -0.39 is 13.5 Å². The van der Waals surface area contributed by atoms with Crippen LogP contribution in [0.4, 0.5) is 15.8 Å². The van der Waals surface area contributed by atoms with E-state index in [2.05, 4.69) is 55.0 Å². The third kappa shape index (κ3) is 8.49. The molecule has 1 heterocycles. The van der Waals surface area contributed by atoms with Crippen molar-refractivity contribution in [3.63, 3.8) is 0 Å².